The molecule has 36 heavy (non-hydrogen) atoms. The van der Waals surface area contributed by atoms with E-state index in [-0.39, 0.29) is 18.1 Å². The van der Waals surface area contributed by atoms with Gasteiger partial charge in [0.25, 0.3) is 5.56 Å². The molecule has 1 amide bonds. The van der Waals surface area contributed by atoms with E-state index in [1.54, 1.807) is 18.2 Å². The number of benzene rings is 2. The molecule has 3 N–H and O–H groups in total. The molecule has 3 heterocycles. The van der Waals surface area contributed by atoms with Crippen LogP contribution in [0.2, 0.25) is 0 Å². The van der Waals surface area contributed by atoms with Crippen LogP contribution >= 0.6 is 11.8 Å². The number of carbonyl (C=O) groups is 1. The second-order valence-corrected chi connectivity index (χ2v) is 9.00. The molecule has 184 valence electrons. The van der Waals surface area contributed by atoms with Crippen molar-refractivity contribution in [3.8, 4) is 17.2 Å². The lowest BCUT2D eigenvalue weighted by Crippen LogP contribution is -2.23. The SMILES string of the molecule is Cc1cccc(-n2c(Cc3cc(=O)[nH]c(=O)[nH]3)nnc2SCC(=O)Nc2ccc3c(c2)OCCO3)c1. The Morgan fingerprint density at radius 2 is 1.89 bits per heavy atom. The topological polar surface area (TPSA) is 144 Å². The molecule has 0 radical (unpaired) electrons. The van der Waals surface area contributed by atoms with Crippen molar-refractivity contribution in [3.05, 3.63) is 86.5 Å². The van der Waals surface area contributed by atoms with Crippen LogP contribution in [0.25, 0.3) is 5.69 Å². The lowest BCUT2D eigenvalue weighted by atomic mass is 10.2. The molecule has 0 bridgehead atoms. The van der Waals surface area contributed by atoms with Crippen molar-refractivity contribution in [2.75, 3.05) is 24.3 Å². The molecule has 12 heteroatoms. The van der Waals surface area contributed by atoms with Crippen LogP contribution < -0.4 is 26.0 Å². The molecule has 2 aromatic heterocycles. The molecular weight excluding hydrogens is 484 g/mol. The minimum Gasteiger partial charge on any atom is -0.486 e. The van der Waals surface area contributed by atoms with Crippen LogP contribution in [-0.4, -0.2) is 49.6 Å². The number of aromatic nitrogens is 5. The molecular formula is C24H22N6O5S. The summed E-state index contributed by atoms with van der Waals surface area (Å²) >= 11 is 1.22. The van der Waals surface area contributed by atoms with Crippen molar-refractivity contribution in [3.63, 3.8) is 0 Å². The van der Waals surface area contributed by atoms with Crippen molar-refractivity contribution >= 4 is 23.4 Å². The van der Waals surface area contributed by atoms with E-state index in [0.29, 0.717) is 47.1 Å². The summed E-state index contributed by atoms with van der Waals surface area (Å²) in [4.78, 5) is 40.9. The normalized spacial score (nSPS) is 12.4. The molecule has 0 unspecified atom stereocenters. The number of aryl methyl sites for hydroxylation is 1. The molecule has 1 aliphatic heterocycles. The van der Waals surface area contributed by atoms with E-state index in [1.165, 1.54) is 17.8 Å². The van der Waals surface area contributed by atoms with Gasteiger partial charge in [-0.25, -0.2) is 4.79 Å². The number of hydrogen-bond donors (Lipinski definition) is 3. The van der Waals surface area contributed by atoms with Gasteiger partial charge in [0.05, 0.1) is 5.75 Å². The number of anilines is 1. The van der Waals surface area contributed by atoms with Gasteiger partial charge < -0.3 is 19.8 Å². The average molecular weight is 507 g/mol. The highest BCUT2D eigenvalue weighted by molar-refractivity contribution is 7.99. The predicted octanol–water partition coefficient (Wildman–Crippen LogP) is 2.05. The molecule has 0 fully saturated rings. The molecule has 0 atom stereocenters. The predicted molar refractivity (Wildman–Crippen MR) is 133 cm³/mol. The van der Waals surface area contributed by atoms with Gasteiger partial charge >= 0.3 is 5.69 Å². The third-order valence-corrected chi connectivity index (χ3v) is 6.21. The van der Waals surface area contributed by atoms with Crippen LogP contribution in [0.4, 0.5) is 5.69 Å². The number of rotatable bonds is 7. The highest BCUT2D eigenvalue weighted by Crippen LogP contribution is 2.32. The summed E-state index contributed by atoms with van der Waals surface area (Å²) in [6.07, 6.45) is 0.171. The number of nitrogens with one attached hydrogen (secondary N) is 3. The first-order chi connectivity index (χ1) is 17.4. The van der Waals surface area contributed by atoms with Gasteiger partial charge in [-0.05, 0) is 36.8 Å². The molecule has 0 saturated carbocycles. The van der Waals surface area contributed by atoms with Crippen LogP contribution in [0.3, 0.4) is 0 Å². The second-order valence-electron chi connectivity index (χ2n) is 8.06. The van der Waals surface area contributed by atoms with Gasteiger partial charge in [0.15, 0.2) is 16.7 Å². The first-order valence-corrected chi connectivity index (χ1v) is 12.1. The van der Waals surface area contributed by atoms with E-state index in [1.807, 2.05) is 35.8 Å². The first kappa shape index (κ1) is 23.4. The number of amides is 1. The summed E-state index contributed by atoms with van der Waals surface area (Å²) < 4.78 is 12.9. The van der Waals surface area contributed by atoms with Gasteiger partial charge in [-0.15, -0.1) is 10.2 Å². The quantitative estimate of drug-likeness (QED) is 0.323. The van der Waals surface area contributed by atoms with Crippen LogP contribution in [-0.2, 0) is 11.2 Å². The molecule has 5 rings (SSSR count). The maximum Gasteiger partial charge on any atom is 0.325 e. The van der Waals surface area contributed by atoms with Gasteiger partial charge in [0.2, 0.25) is 5.91 Å². The fourth-order valence-corrected chi connectivity index (χ4v) is 4.54. The van der Waals surface area contributed by atoms with Crippen molar-refractivity contribution in [2.24, 2.45) is 0 Å². The minimum atomic E-state index is -0.593. The third-order valence-electron chi connectivity index (χ3n) is 5.28. The van der Waals surface area contributed by atoms with E-state index in [4.69, 9.17) is 9.47 Å². The van der Waals surface area contributed by atoms with Crippen LogP contribution in [0.5, 0.6) is 11.5 Å². The van der Waals surface area contributed by atoms with Crippen LogP contribution in [0.1, 0.15) is 17.1 Å². The summed E-state index contributed by atoms with van der Waals surface area (Å²) in [5, 5.41) is 11.9. The van der Waals surface area contributed by atoms with E-state index >= 15 is 0 Å². The van der Waals surface area contributed by atoms with Crippen molar-refractivity contribution in [2.45, 2.75) is 18.5 Å². The smallest absolute Gasteiger partial charge is 0.325 e. The van der Waals surface area contributed by atoms with E-state index in [9.17, 15) is 14.4 Å². The lowest BCUT2D eigenvalue weighted by molar-refractivity contribution is -0.113. The Morgan fingerprint density at radius 3 is 2.69 bits per heavy atom. The highest BCUT2D eigenvalue weighted by Gasteiger charge is 2.18. The van der Waals surface area contributed by atoms with Gasteiger partial charge in [-0.3, -0.25) is 19.1 Å². The highest BCUT2D eigenvalue weighted by atomic mass is 32.2. The Balaban J connectivity index is 1.36. The van der Waals surface area contributed by atoms with E-state index in [0.717, 1.165) is 11.3 Å². The number of ether oxygens (including phenoxy) is 2. The van der Waals surface area contributed by atoms with Crippen molar-refractivity contribution < 1.29 is 14.3 Å². The summed E-state index contributed by atoms with van der Waals surface area (Å²) in [7, 11) is 0. The second kappa shape index (κ2) is 10.1. The minimum absolute atomic E-state index is 0.0836. The molecule has 0 aliphatic carbocycles. The summed E-state index contributed by atoms with van der Waals surface area (Å²) in [6, 6.07) is 14.3. The van der Waals surface area contributed by atoms with E-state index in [2.05, 4.69) is 25.5 Å². The largest absolute Gasteiger partial charge is 0.486 e. The molecule has 0 saturated heterocycles. The zero-order valence-corrected chi connectivity index (χ0v) is 20.1. The number of nitrogens with zero attached hydrogens (tertiary/aromatic N) is 3. The Bertz CT molecular complexity index is 1510. The van der Waals surface area contributed by atoms with Crippen LogP contribution in [0, 0.1) is 6.92 Å². The summed E-state index contributed by atoms with van der Waals surface area (Å²) in [6.45, 7) is 2.92. The number of aromatic amines is 2. The zero-order valence-electron chi connectivity index (χ0n) is 19.2. The Labute approximate surface area is 208 Å². The maximum absolute atomic E-state index is 12.7. The Hall–Kier alpha value is -4.32. The number of fused-ring (bicyclic) bond motifs is 1. The summed E-state index contributed by atoms with van der Waals surface area (Å²) in [5.41, 5.74) is 1.74. The number of carbonyl (C=O) groups excluding carboxylic acids is 1. The Morgan fingerprint density at radius 1 is 1.06 bits per heavy atom. The summed E-state index contributed by atoms with van der Waals surface area (Å²) in [5.74, 6) is 1.61. The molecule has 11 nitrogen and oxygen atoms in total. The Kier molecular flexibility index (Phi) is 6.58. The van der Waals surface area contributed by atoms with Gasteiger partial charge in [-0.2, -0.15) is 0 Å². The van der Waals surface area contributed by atoms with Crippen molar-refractivity contribution in [1.29, 1.82) is 0 Å². The van der Waals surface area contributed by atoms with Crippen LogP contribution in [0.15, 0.2) is 63.3 Å². The molecule has 1 aliphatic rings. The standard InChI is InChI=1S/C24H22N6O5S/c1-14-3-2-4-17(9-14)30-20(11-16-12-21(31)27-23(33)26-16)28-29-24(30)36-13-22(32)25-15-5-6-18-19(10-15)35-8-7-34-18/h2-6,9-10,12H,7-8,11,13H2,1H3,(H,25,32)(H2,26,27,31,33). The number of thioether (sulfide) groups is 1. The fourth-order valence-electron chi connectivity index (χ4n) is 3.77. The third kappa shape index (κ3) is 5.33. The van der Waals surface area contributed by atoms with Gasteiger partial charge in [-0.1, -0.05) is 23.9 Å². The zero-order chi connectivity index (χ0) is 25.1. The fraction of sp³-hybridized carbons (Fsp3) is 0.208. The van der Waals surface area contributed by atoms with E-state index < -0.39 is 11.2 Å². The van der Waals surface area contributed by atoms with Crippen molar-refractivity contribution in [1.82, 2.24) is 24.7 Å². The average Bonchev–Trinajstić information content (AvgIpc) is 3.24. The molecule has 2 aromatic carbocycles. The van der Waals surface area contributed by atoms with Gasteiger partial charge in [0, 0.05) is 35.6 Å². The molecule has 4 aromatic rings. The number of hydrogen-bond acceptors (Lipinski definition) is 8. The monoisotopic (exact) mass is 506 g/mol. The lowest BCUT2D eigenvalue weighted by Gasteiger charge is -2.19. The maximum atomic E-state index is 12.7. The van der Waals surface area contributed by atoms with Gasteiger partial charge in [0.1, 0.15) is 19.0 Å². The molecule has 0 spiro atoms. The number of H-pyrrole nitrogens is 2. The first-order valence-electron chi connectivity index (χ1n) is 11.1.